The summed E-state index contributed by atoms with van der Waals surface area (Å²) in [7, 11) is -5.36. The van der Waals surface area contributed by atoms with Crippen LogP contribution < -0.4 is 36.3 Å². The van der Waals surface area contributed by atoms with Gasteiger partial charge >= 0.3 is 203 Å². The molecule has 10 rings (SSSR count). The fourth-order valence-electron chi connectivity index (χ4n) is 11.4. The molecule has 29 heteroatoms. The van der Waals surface area contributed by atoms with Crippen LogP contribution in [0.2, 0.25) is 5.54 Å². The summed E-state index contributed by atoms with van der Waals surface area (Å²) in [5.74, 6) is 38.5. The summed E-state index contributed by atoms with van der Waals surface area (Å²) < 4.78 is 262. The fourth-order valence-corrected chi connectivity index (χ4v) is 28.0. The van der Waals surface area contributed by atoms with Crippen molar-refractivity contribution in [3.8, 4) is 138 Å². The zero-order valence-electron chi connectivity index (χ0n) is 63.5. The van der Waals surface area contributed by atoms with Crippen molar-refractivity contribution < 1.29 is 111 Å². The molecular weight excluding hydrogens is 1780 g/mol. The van der Waals surface area contributed by atoms with Crippen molar-refractivity contribution in [3.05, 3.63) is 283 Å². The molecule has 0 bridgehead atoms. The van der Waals surface area contributed by atoms with Crippen LogP contribution in [0, 0.1) is 152 Å². The van der Waals surface area contributed by atoms with Gasteiger partial charge in [-0.15, -0.1) is 0 Å². The molecule has 632 valence electrons. The van der Waals surface area contributed by atoms with Crippen LogP contribution in [0.3, 0.4) is 0 Å². The van der Waals surface area contributed by atoms with Crippen molar-refractivity contribution >= 4 is 90.1 Å². The zero-order valence-corrected chi connectivity index (χ0v) is 69.5. The van der Waals surface area contributed by atoms with Crippen LogP contribution in [0.4, 0.5) is 105 Å². The summed E-state index contributed by atoms with van der Waals surface area (Å²) in [4.78, 5) is 6.68. The molecule has 0 heterocycles. The first-order valence-electron chi connectivity index (χ1n) is 34.8. The fraction of sp³-hybridized carbons (Fsp3) is 0.128. The van der Waals surface area contributed by atoms with Gasteiger partial charge in [0.1, 0.15) is 0 Å². The topological polar surface area (TPSA) is 0 Å². The first-order valence-corrected chi connectivity index (χ1v) is 45.8. The van der Waals surface area contributed by atoms with Gasteiger partial charge in [0.2, 0.25) is 0 Å². The second-order valence-corrected chi connectivity index (χ2v) is 41.8. The van der Waals surface area contributed by atoms with Gasteiger partial charge in [0.15, 0.2) is 30.8 Å². The number of rotatable bonds is 13. The molecule has 1 aliphatic rings. The number of allylic oxidation sites excluding steroid dienone is 3. The SMILES string of the molecule is C#CC#CC#[C][Ga-]([C]#CC#CC#C)([C]#CC#CC#C)[C]#CC#CC#C.Cc1cc([S+](C2=CCC([Si](c3ccccc3)(c3ccccc3)c3ccccc3)C=C2)c2ccccc2C)ccc1Sc1ccc([Si](c2ccccc2)(c2ccccc2)c2ccccc2)cc1.FC(F)(F)C(F)(F)F.FC(F)(F)C(F)(F)F.FC(F)(F)C(F)(F)F.FC(F)(F)C(F)(F)F.[HH].[HH].[HH].[HH]. The van der Waals surface area contributed by atoms with Gasteiger partial charge in [0.05, 0.1) is 10.9 Å². The molecule has 123 heavy (non-hydrogen) atoms. The minimum Gasteiger partial charge on any atom is -0.162 e. The number of aryl methyl sites for hydroxylation is 2. The molecule has 9 aromatic carbocycles. The second kappa shape index (κ2) is 45.8. The summed E-state index contributed by atoms with van der Waals surface area (Å²) in [6.45, 7) is 4.56. The van der Waals surface area contributed by atoms with Crippen LogP contribution in [0.1, 0.15) is 23.3 Å². The molecular formula is C94H65F24GaS2Si2. The standard InChI is InChI=1S/C62H53S2Si2.4C6H.4C2F6.Ga.4H2/c1-48-23-21-22-36-62(48)64(51-39-44-60(45-40-51)66(56-30-15-6-16-31-56,57-32-17-7-18-33-57)58-34-19-8-20-35-58)52-41-46-61(49(2)47-52)63-50-37-42-59(43-38-50)65(53-24-9-3-10-25-53,54-26-11-4-12-27-54)55-28-13-5-14-29-55;4*1-3-5-6-4-2;4*3-1(4,5)2(6,7)8;;;;;/h3-44,46-47,60H,45H2,1-2H3;4*1H;;;;;;4*1H/q+1;;;;;;;;;-1;;;;. The van der Waals surface area contributed by atoms with E-state index in [0.717, 1.165) is 6.42 Å². The molecule has 1 aliphatic carbocycles. The smallest absolute Gasteiger partial charge is 0.162 e. The Kier molecular flexibility index (Phi) is 37.5. The molecule has 2 atom stereocenters. The van der Waals surface area contributed by atoms with E-state index < -0.39 is 80.6 Å². The average Bonchev–Trinajstić information content (AvgIpc) is 0.736. The number of alkyl halides is 24. The van der Waals surface area contributed by atoms with Gasteiger partial charge in [-0.25, -0.2) is 0 Å². The van der Waals surface area contributed by atoms with E-state index in [1.54, 1.807) is 0 Å². The van der Waals surface area contributed by atoms with E-state index in [2.05, 4.69) is 393 Å². The largest absolute Gasteiger partial charge is 0.487 e. The van der Waals surface area contributed by atoms with Gasteiger partial charge in [0, 0.05) is 21.1 Å². The number of hydrogen-bond acceptors (Lipinski definition) is 1. The van der Waals surface area contributed by atoms with Gasteiger partial charge in [0.25, 0.3) is 0 Å². The molecule has 0 fully saturated rings. The minimum atomic E-state index is -6.06. The van der Waals surface area contributed by atoms with Crippen molar-refractivity contribution in [2.45, 2.75) is 94.8 Å². The average molecular weight is 1840 g/mol. The van der Waals surface area contributed by atoms with Gasteiger partial charge in [-0.1, -0.05) is 230 Å². The van der Waals surface area contributed by atoms with Gasteiger partial charge in [-0.2, -0.15) is 105 Å². The predicted molar refractivity (Wildman–Crippen MR) is 450 cm³/mol. The molecule has 0 saturated carbocycles. The maximum absolute atomic E-state index is 10.4. The summed E-state index contributed by atoms with van der Waals surface area (Å²) in [5, 5.41) is 9.92. The molecule has 0 aromatic heterocycles. The van der Waals surface area contributed by atoms with Crippen LogP contribution in [-0.4, -0.2) is 80.6 Å². The van der Waals surface area contributed by atoms with Crippen molar-refractivity contribution in [3.63, 3.8) is 0 Å². The Hall–Kier alpha value is -12.7. The first kappa shape index (κ1) is 101. The molecule has 0 aliphatic heterocycles. The normalized spacial score (nSPS) is 12.5. The molecule has 0 saturated heterocycles. The van der Waals surface area contributed by atoms with Gasteiger partial charge in [-0.3, -0.25) is 0 Å². The third-order valence-corrected chi connectivity index (χ3v) is 35.1. The number of hydrogen-bond donors (Lipinski definition) is 0. The van der Waals surface area contributed by atoms with E-state index in [1.807, 2.05) is 11.8 Å². The summed E-state index contributed by atoms with van der Waals surface area (Å²) in [6, 6.07) is 93.3. The van der Waals surface area contributed by atoms with E-state index in [9.17, 15) is 105 Å². The minimum absolute atomic E-state index is 0. The predicted octanol–water partition coefficient (Wildman–Crippen LogP) is 20.8. The van der Waals surface area contributed by atoms with E-state index in [1.165, 1.54) is 71.9 Å². The zero-order chi connectivity index (χ0) is 91.4. The molecule has 2 unspecified atom stereocenters. The Bertz CT molecular complexity index is 5310. The van der Waals surface area contributed by atoms with E-state index in [0.29, 0.717) is 5.54 Å². The Morgan fingerprint density at radius 3 is 0.886 bits per heavy atom. The Balaban J connectivity index is 0.00000108. The van der Waals surface area contributed by atoms with Crippen LogP contribution in [-0.2, 0) is 10.9 Å². The third kappa shape index (κ3) is 29.3. The van der Waals surface area contributed by atoms with Gasteiger partial charge < -0.3 is 0 Å². The maximum Gasteiger partial charge on any atom is 0.487 e. The number of benzene rings is 9. The van der Waals surface area contributed by atoms with Crippen molar-refractivity contribution in [2.24, 2.45) is 0 Å². The molecule has 0 radical (unpaired) electrons. The van der Waals surface area contributed by atoms with Crippen molar-refractivity contribution in [1.29, 1.82) is 0 Å². The van der Waals surface area contributed by atoms with Crippen LogP contribution in [0.25, 0.3) is 0 Å². The van der Waals surface area contributed by atoms with E-state index in [4.69, 9.17) is 25.7 Å². The summed E-state index contributed by atoms with van der Waals surface area (Å²) in [6.07, 6.45) is -19.7. The Morgan fingerprint density at radius 1 is 0.333 bits per heavy atom. The quantitative estimate of drug-likeness (QED) is 0.0364. The van der Waals surface area contributed by atoms with Gasteiger partial charge in [-0.05, 0) is 116 Å². The second-order valence-electron chi connectivity index (χ2n) is 24.7. The molecule has 9 aromatic rings. The monoisotopic (exact) mass is 1840 g/mol. The molecule has 0 amide bonds. The molecule has 0 nitrogen and oxygen atoms in total. The van der Waals surface area contributed by atoms with E-state index >= 15 is 0 Å². The number of terminal acetylenes is 4. The summed E-state index contributed by atoms with van der Waals surface area (Å²) in [5.41, 5.74) is 2.98. The molecule has 0 spiro atoms. The van der Waals surface area contributed by atoms with Crippen molar-refractivity contribution in [1.82, 2.24) is 0 Å². The van der Waals surface area contributed by atoms with Crippen LogP contribution in [0.15, 0.2) is 291 Å². The Labute approximate surface area is 713 Å². The van der Waals surface area contributed by atoms with Crippen LogP contribution in [0.5, 0.6) is 0 Å². The van der Waals surface area contributed by atoms with Crippen molar-refractivity contribution in [2.75, 3.05) is 0 Å². The number of halogens is 24. The first-order chi connectivity index (χ1) is 57.8. The van der Waals surface area contributed by atoms with E-state index in [-0.39, 0.29) is 16.6 Å². The third-order valence-electron chi connectivity index (χ3n) is 16.6. The molecule has 0 N–H and O–H groups in total. The van der Waals surface area contributed by atoms with Crippen LogP contribution >= 0.6 is 11.8 Å². The maximum atomic E-state index is 10.4. The Morgan fingerprint density at radius 2 is 0.618 bits per heavy atom. The summed E-state index contributed by atoms with van der Waals surface area (Å²) >= 11 is -2.04.